The van der Waals surface area contributed by atoms with Crippen molar-refractivity contribution in [3.05, 3.63) is 42.7 Å². The molecule has 2 aliphatic rings. The Labute approximate surface area is 226 Å². The molecule has 2 heterocycles. The van der Waals surface area contributed by atoms with Gasteiger partial charge < -0.3 is 24.6 Å². The van der Waals surface area contributed by atoms with Crippen LogP contribution in [0.3, 0.4) is 0 Å². The molecule has 4 rings (SSSR count). The van der Waals surface area contributed by atoms with Crippen LogP contribution in [0.4, 0.5) is 29.3 Å². The van der Waals surface area contributed by atoms with Crippen molar-refractivity contribution in [1.82, 2.24) is 9.88 Å². The number of anilines is 2. The first-order valence-corrected chi connectivity index (χ1v) is 14.5. The molecule has 0 bridgehead atoms. The second-order valence-corrected chi connectivity index (χ2v) is 11.6. The van der Waals surface area contributed by atoms with Crippen LogP contribution in [0.5, 0.6) is 5.75 Å². The number of rotatable bonds is 8. The molecule has 0 radical (unpaired) electrons. The lowest BCUT2D eigenvalue weighted by atomic mass is 9.92. The SMILES string of the molecule is CCCOC(=O)N1CCN(c2cncc(OC3CCC(Nc4ccc(S(=O)(=O)C(F)(F)F)cc4)CC3)c2)CC1. The predicted octanol–water partition coefficient (Wildman–Crippen LogP) is 4.85. The van der Waals surface area contributed by atoms with Gasteiger partial charge in [-0.3, -0.25) is 4.98 Å². The van der Waals surface area contributed by atoms with E-state index in [9.17, 15) is 26.4 Å². The van der Waals surface area contributed by atoms with Crippen LogP contribution < -0.4 is 15.0 Å². The van der Waals surface area contributed by atoms with Gasteiger partial charge in [-0.1, -0.05) is 6.92 Å². The topological polar surface area (TPSA) is 101 Å². The average Bonchev–Trinajstić information content (AvgIpc) is 2.93. The van der Waals surface area contributed by atoms with Crippen LogP contribution >= 0.6 is 0 Å². The van der Waals surface area contributed by atoms with E-state index in [4.69, 9.17) is 9.47 Å². The lowest BCUT2D eigenvalue weighted by molar-refractivity contribution is -0.0436. The maximum Gasteiger partial charge on any atom is 0.501 e. The van der Waals surface area contributed by atoms with E-state index in [1.807, 2.05) is 13.0 Å². The Morgan fingerprint density at radius 3 is 2.33 bits per heavy atom. The van der Waals surface area contributed by atoms with Gasteiger partial charge in [0.15, 0.2) is 0 Å². The van der Waals surface area contributed by atoms with E-state index < -0.39 is 20.2 Å². The maximum atomic E-state index is 12.7. The van der Waals surface area contributed by atoms with Crippen LogP contribution in [0.25, 0.3) is 0 Å². The minimum atomic E-state index is -5.36. The van der Waals surface area contributed by atoms with Gasteiger partial charge in [-0.15, -0.1) is 0 Å². The minimum absolute atomic E-state index is 0.00425. The molecule has 9 nitrogen and oxygen atoms in total. The first-order chi connectivity index (χ1) is 18.6. The normalized spacial score (nSPS) is 20.4. The fourth-order valence-corrected chi connectivity index (χ4v) is 5.45. The van der Waals surface area contributed by atoms with Gasteiger partial charge in [-0.2, -0.15) is 13.2 Å². The number of alkyl halides is 3. The summed E-state index contributed by atoms with van der Waals surface area (Å²) in [6.45, 7) is 4.88. The van der Waals surface area contributed by atoms with Crippen molar-refractivity contribution in [2.24, 2.45) is 0 Å². The lowest BCUT2D eigenvalue weighted by Crippen LogP contribution is -2.49. The molecule has 1 amide bonds. The summed E-state index contributed by atoms with van der Waals surface area (Å²) in [6.07, 6.45) is 7.12. The van der Waals surface area contributed by atoms with E-state index in [-0.39, 0.29) is 18.2 Å². The molecule has 1 aliphatic carbocycles. The van der Waals surface area contributed by atoms with Gasteiger partial charge in [0.2, 0.25) is 0 Å². The highest BCUT2D eigenvalue weighted by Gasteiger charge is 2.46. The standard InChI is InChI=1S/C26H33F3N4O5S/c1-2-15-37-25(34)33-13-11-32(12-14-33)21-16-23(18-30-17-21)38-22-7-3-19(4-8-22)31-20-5-9-24(10-6-20)39(35,36)26(27,28)29/h5-6,9-10,16-19,22,31H,2-4,7-8,11-15H2,1H3. The van der Waals surface area contributed by atoms with E-state index in [0.29, 0.717) is 44.2 Å². The fraction of sp³-hybridized carbons (Fsp3) is 0.538. The summed E-state index contributed by atoms with van der Waals surface area (Å²) in [5.74, 6) is 0.676. The molecular formula is C26H33F3N4O5S. The zero-order valence-electron chi connectivity index (χ0n) is 21.7. The van der Waals surface area contributed by atoms with Crippen molar-refractivity contribution < 1.29 is 35.9 Å². The Bertz CT molecular complexity index is 1210. The van der Waals surface area contributed by atoms with Crippen molar-refractivity contribution in [3.63, 3.8) is 0 Å². The number of nitrogens with zero attached hydrogens (tertiary/aromatic N) is 3. The highest BCUT2D eigenvalue weighted by atomic mass is 32.2. The van der Waals surface area contributed by atoms with Crippen LogP contribution in [-0.2, 0) is 14.6 Å². The number of pyridine rings is 1. The number of nitrogens with one attached hydrogen (secondary N) is 1. The number of sulfone groups is 1. The summed E-state index contributed by atoms with van der Waals surface area (Å²) in [6, 6.07) is 6.70. The van der Waals surface area contributed by atoms with E-state index >= 15 is 0 Å². The highest BCUT2D eigenvalue weighted by Crippen LogP contribution is 2.32. The number of hydrogen-bond acceptors (Lipinski definition) is 8. The monoisotopic (exact) mass is 570 g/mol. The molecule has 0 spiro atoms. The Morgan fingerprint density at radius 2 is 1.72 bits per heavy atom. The molecule has 0 unspecified atom stereocenters. The molecule has 1 aromatic carbocycles. The molecule has 1 N–H and O–H groups in total. The Hall–Kier alpha value is -3.22. The fourth-order valence-electron chi connectivity index (χ4n) is 4.69. The van der Waals surface area contributed by atoms with Crippen molar-refractivity contribution >= 4 is 27.3 Å². The number of piperazine rings is 1. The third-order valence-electron chi connectivity index (χ3n) is 6.85. The van der Waals surface area contributed by atoms with E-state index in [1.54, 1.807) is 17.3 Å². The van der Waals surface area contributed by atoms with Gasteiger partial charge in [0.1, 0.15) is 5.75 Å². The summed E-state index contributed by atoms with van der Waals surface area (Å²) < 4.78 is 72.7. The van der Waals surface area contributed by atoms with Crippen molar-refractivity contribution in [3.8, 4) is 5.75 Å². The van der Waals surface area contributed by atoms with Gasteiger partial charge in [-0.05, 0) is 56.4 Å². The summed E-state index contributed by atoms with van der Waals surface area (Å²) in [5, 5.41) is 3.27. The predicted molar refractivity (Wildman–Crippen MR) is 140 cm³/mol. The Balaban J connectivity index is 1.24. The average molecular weight is 571 g/mol. The summed E-state index contributed by atoms with van der Waals surface area (Å²) in [5.41, 5.74) is -3.83. The Morgan fingerprint density at radius 1 is 1.05 bits per heavy atom. The zero-order valence-corrected chi connectivity index (χ0v) is 22.5. The number of halogens is 3. The summed E-state index contributed by atoms with van der Waals surface area (Å²) in [4.78, 5) is 19.5. The lowest BCUT2D eigenvalue weighted by Gasteiger charge is -2.35. The first kappa shape index (κ1) is 28.8. The quantitative estimate of drug-likeness (QED) is 0.481. The number of amides is 1. The first-order valence-electron chi connectivity index (χ1n) is 13.0. The third-order valence-corrected chi connectivity index (χ3v) is 8.35. The number of carbonyl (C=O) groups is 1. The van der Waals surface area contributed by atoms with Crippen LogP contribution in [0.2, 0.25) is 0 Å². The number of hydrogen-bond donors (Lipinski definition) is 1. The molecular weight excluding hydrogens is 537 g/mol. The molecule has 2 fully saturated rings. The molecule has 0 atom stereocenters. The molecule has 214 valence electrons. The number of ether oxygens (including phenoxy) is 2. The van der Waals surface area contributed by atoms with Crippen LogP contribution in [0, 0.1) is 0 Å². The molecule has 39 heavy (non-hydrogen) atoms. The minimum Gasteiger partial charge on any atom is -0.489 e. The third kappa shape index (κ3) is 7.25. The molecule has 1 aliphatic heterocycles. The van der Waals surface area contributed by atoms with E-state index in [0.717, 1.165) is 49.9 Å². The molecule has 1 saturated carbocycles. The zero-order chi connectivity index (χ0) is 28.0. The van der Waals surface area contributed by atoms with Crippen LogP contribution in [0.15, 0.2) is 47.6 Å². The molecule has 2 aromatic rings. The largest absolute Gasteiger partial charge is 0.501 e. The number of aromatic nitrogens is 1. The van der Waals surface area contributed by atoms with Crippen LogP contribution in [0.1, 0.15) is 39.0 Å². The summed E-state index contributed by atoms with van der Waals surface area (Å²) in [7, 11) is -5.36. The molecule has 13 heteroatoms. The number of benzene rings is 1. The molecule has 1 aromatic heterocycles. The van der Waals surface area contributed by atoms with E-state index in [1.165, 1.54) is 12.1 Å². The second kappa shape index (κ2) is 12.3. The smallest absolute Gasteiger partial charge is 0.489 e. The van der Waals surface area contributed by atoms with Crippen molar-refractivity contribution in [2.75, 3.05) is 43.0 Å². The Kier molecular flexibility index (Phi) is 9.08. The van der Waals surface area contributed by atoms with Crippen molar-refractivity contribution in [1.29, 1.82) is 0 Å². The molecule has 1 saturated heterocycles. The van der Waals surface area contributed by atoms with Gasteiger partial charge in [0, 0.05) is 44.0 Å². The summed E-state index contributed by atoms with van der Waals surface area (Å²) >= 11 is 0. The van der Waals surface area contributed by atoms with Crippen molar-refractivity contribution in [2.45, 2.75) is 61.6 Å². The van der Waals surface area contributed by atoms with Gasteiger partial charge in [0.25, 0.3) is 9.84 Å². The van der Waals surface area contributed by atoms with Crippen LogP contribution in [-0.4, -0.2) is 74.8 Å². The highest BCUT2D eigenvalue weighted by molar-refractivity contribution is 7.92. The van der Waals surface area contributed by atoms with E-state index in [2.05, 4.69) is 15.2 Å². The van der Waals surface area contributed by atoms with Gasteiger partial charge in [0.05, 0.1) is 35.7 Å². The van der Waals surface area contributed by atoms with Gasteiger partial charge in [-0.25, -0.2) is 13.2 Å². The second-order valence-electron chi connectivity index (χ2n) is 9.68. The maximum absolute atomic E-state index is 12.7. The number of carbonyl (C=O) groups excluding carboxylic acids is 1. The van der Waals surface area contributed by atoms with Gasteiger partial charge >= 0.3 is 11.6 Å².